The lowest BCUT2D eigenvalue weighted by atomic mass is 10.0. The van der Waals surface area contributed by atoms with Crippen LogP contribution in [0.25, 0.3) is 10.8 Å². The highest BCUT2D eigenvalue weighted by Gasteiger charge is 2.07. The quantitative estimate of drug-likeness (QED) is 0.399. The molecule has 0 aromatic heterocycles. The van der Waals surface area contributed by atoms with Gasteiger partial charge in [-0.1, -0.05) is 53.2 Å². The summed E-state index contributed by atoms with van der Waals surface area (Å²) in [7, 11) is 0. The van der Waals surface area contributed by atoms with Gasteiger partial charge in [-0.3, -0.25) is 4.79 Å². The Morgan fingerprint density at radius 1 is 1.07 bits per heavy atom. The fraction of sp³-hybridized carbons (Fsp3) is 0.182. The molecule has 0 atom stereocenters. The SMILES string of the molecule is CCCOc1ccc2ccccc2c1/C=N\NC(=O)COc1ccc(Br)cc1. The number of carbonyl (C=O) groups excluding carboxylic acids is 1. The van der Waals surface area contributed by atoms with E-state index >= 15 is 0 Å². The topological polar surface area (TPSA) is 59.9 Å². The van der Waals surface area contributed by atoms with Crippen molar-refractivity contribution in [2.45, 2.75) is 13.3 Å². The van der Waals surface area contributed by atoms with Gasteiger partial charge >= 0.3 is 0 Å². The van der Waals surface area contributed by atoms with Gasteiger partial charge in [-0.2, -0.15) is 5.10 Å². The molecule has 0 saturated carbocycles. The molecule has 144 valence electrons. The Balaban J connectivity index is 1.67. The third-order valence-corrected chi connectivity index (χ3v) is 4.49. The maximum Gasteiger partial charge on any atom is 0.277 e. The smallest absolute Gasteiger partial charge is 0.277 e. The second kappa shape index (κ2) is 9.90. The van der Waals surface area contributed by atoms with Crippen LogP contribution in [0.15, 0.2) is 70.2 Å². The minimum absolute atomic E-state index is 0.117. The summed E-state index contributed by atoms with van der Waals surface area (Å²) in [5.74, 6) is 1.02. The summed E-state index contributed by atoms with van der Waals surface area (Å²) in [5.41, 5.74) is 3.34. The Labute approximate surface area is 172 Å². The second-order valence-electron chi connectivity index (χ2n) is 6.08. The number of hydrogen-bond donors (Lipinski definition) is 1. The molecule has 0 fully saturated rings. The Bertz CT molecular complexity index is 971. The van der Waals surface area contributed by atoms with E-state index in [-0.39, 0.29) is 12.5 Å². The predicted molar refractivity (Wildman–Crippen MR) is 115 cm³/mol. The van der Waals surface area contributed by atoms with Gasteiger partial charge < -0.3 is 9.47 Å². The van der Waals surface area contributed by atoms with E-state index in [0.717, 1.165) is 33.0 Å². The summed E-state index contributed by atoms with van der Waals surface area (Å²) in [6, 6.07) is 19.2. The average molecular weight is 441 g/mol. The van der Waals surface area contributed by atoms with Gasteiger partial charge in [0.1, 0.15) is 11.5 Å². The number of fused-ring (bicyclic) bond motifs is 1. The average Bonchev–Trinajstić information content (AvgIpc) is 2.72. The summed E-state index contributed by atoms with van der Waals surface area (Å²) in [5, 5.41) is 6.19. The molecule has 0 spiro atoms. The maximum atomic E-state index is 12.0. The largest absolute Gasteiger partial charge is 0.493 e. The van der Waals surface area contributed by atoms with E-state index in [2.05, 4.69) is 33.4 Å². The van der Waals surface area contributed by atoms with Gasteiger partial charge in [-0.25, -0.2) is 5.43 Å². The normalized spacial score (nSPS) is 10.9. The lowest BCUT2D eigenvalue weighted by Crippen LogP contribution is -2.24. The van der Waals surface area contributed by atoms with Gasteiger partial charge in [0.05, 0.1) is 12.8 Å². The van der Waals surface area contributed by atoms with E-state index in [1.54, 1.807) is 18.3 Å². The van der Waals surface area contributed by atoms with Crippen molar-refractivity contribution in [1.29, 1.82) is 0 Å². The Hall–Kier alpha value is -2.86. The number of nitrogens with one attached hydrogen (secondary N) is 1. The van der Waals surface area contributed by atoms with Crippen molar-refractivity contribution in [2.24, 2.45) is 5.10 Å². The molecular weight excluding hydrogens is 420 g/mol. The molecule has 5 nitrogen and oxygen atoms in total. The minimum Gasteiger partial charge on any atom is -0.493 e. The number of rotatable bonds is 8. The number of halogens is 1. The van der Waals surface area contributed by atoms with Crippen LogP contribution in [0.4, 0.5) is 0 Å². The first-order valence-corrected chi connectivity index (χ1v) is 9.81. The number of amides is 1. The zero-order chi connectivity index (χ0) is 19.8. The molecule has 0 bridgehead atoms. The van der Waals surface area contributed by atoms with E-state index in [4.69, 9.17) is 9.47 Å². The number of ether oxygens (including phenoxy) is 2. The third-order valence-electron chi connectivity index (χ3n) is 3.96. The first-order valence-electron chi connectivity index (χ1n) is 9.02. The molecule has 0 unspecified atom stereocenters. The predicted octanol–water partition coefficient (Wildman–Crippen LogP) is 4.92. The van der Waals surface area contributed by atoms with Crippen LogP contribution in [0.1, 0.15) is 18.9 Å². The van der Waals surface area contributed by atoms with Crippen LogP contribution in [-0.4, -0.2) is 25.3 Å². The molecule has 3 rings (SSSR count). The van der Waals surface area contributed by atoms with Gasteiger partial charge in [-0.05, 0) is 47.5 Å². The maximum absolute atomic E-state index is 12.0. The van der Waals surface area contributed by atoms with Crippen molar-refractivity contribution >= 4 is 38.8 Å². The summed E-state index contributed by atoms with van der Waals surface area (Å²) < 4.78 is 12.2. The Morgan fingerprint density at radius 2 is 1.86 bits per heavy atom. The van der Waals surface area contributed by atoms with Crippen molar-refractivity contribution in [1.82, 2.24) is 5.43 Å². The van der Waals surface area contributed by atoms with Crippen molar-refractivity contribution in [3.05, 3.63) is 70.7 Å². The van der Waals surface area contributed by atoms with Gasteiger partial charge in [-0.15, -0.1) is 0 Å². The van der Waals surface area contributed by atoms with Crippen molar-refractivity contribution in [3.8, 4) is 11.5 Å². The zero-order valence-electron chi connectivity index (χ0n) is 15.5. The molecule has 0 aliphatic rings. The van der Waals surface area contributed by atoms with Gasteiger partial charge in [0.2, 0.25) is 0 Å². The first kappa shape index (κ1) is 19.9. The molecule has 3 aromatic rings. The highest BCUT2D eigenvalue weighted by atomic mass is 79.9. The summed E-state index contributed by atoms with van der Waals surface area (Å²) in [6.07, 6.45) is 2.53. The Morgan fingerprint density at radius 3 is 2.64 bits per heavy atom. The molecule has 6 heteroatoms. The third kappa shape index (κ3) is 5.33. The standard InChI is InChI=1S/C22H21BrN2O3/c1-2-13-27-21-12-7-16-5-3-4-6-19(16)20(21)14-24-25-22(26)15-28-18-10-8-17(23)9-11-18/h3-12,14H,2,13,15H2,1H3,(H,25,26)/b24-14-. The highest BCUT2D eigenvalue weighted by molar-refractivity contribution is 9.10. The fourth-order valence-corrected chi connectivity index (χ4v) is 2.89. The van der Waals surface area contributed by atoms with Gasteiger partial charge in [0, 0.05) is 10.0 Å². The van der Waals surface area contributed by atoms with Gasteiger partial charge in [0.25, 0.3) is 5.91 Å². The summed E-state index contributed by atoms with van der Waals surface area (Å²) in [6.45, 7) is 2.56. The molecule has 0 aliphatic heterocycles. The molecule has 3 aromatic carbocycles. The molecule has 0 saturated heterocycles. The highest BCUT2D eigenvalue weighted by Crippen LogP contribution is 2.26. The number of hydrazone groups is 1. The molecular formula is C22H21BrN2O3. The van der Waals surface area contributed by atoms with E-state index in [1.165, 1.54) is 0 Å². The first-order chi connectivity index (χ1) is 13.7. The number of benzene rings is 3. The van der Waals surface area contributed by atoms with Crippen molar-refractivity contribution in [3.63, 3.8) is 0 Å². The van der Waals surface area contributed by atoms with Gasteiger partial charge in [0.15, 0.2) is 6.61 Å². The number of nitrogens with zero attached hydrogens (tertiary/aromatic N) is 1. The number of hydrogen-bond acceptors (Lipinski definition) is 4. The molecule has 1 amide bonds. The monoisotopic (exact) mass is 440 g/mol. The van der Waals surface area contributed by atoms with Crippen LogP contribution in [0, 0.1) is 0 Å². The summed E-state index contributed by atoms with van der Waals surface area (Å²) >= 11 is 3.36. The van der Waals surface area contributed by atoms with Crippen molar-refractivity contribution in [2.75, 3.05) is 13.2 Å². The van der Waals surface area contributed by atoms with Crippen LogP contribution >= 0.6 is 15.9 Å². The molecule has 0 heterocycles. The molecule has 0 aliphatic carbocycles. The van der Waals surface area contributed by atoms with Crippen LogP contribution in [0.5, 0.6) is 11.5 Å². The molecule has 1 N–H and O–H groups in total. The summed E-state index contributed by atoms with van der Waals surface area (Å²) in [4.78, 5) is 12.0. The number of carbonyl (C=O) groups is 1. The molecule has 28 heavy (non-hydrogen) atoms. The van der Waals surface area contributed by atoms with E-state index in [0.29, 0.717) is 12.4 Å². The second-order valence-corrected chi connectivity index (χ2v) is 7.00. The Kier molecular flexibility index (Phi) is 7.03. The van der Waals surface area contributed by atoms with E-state index in [1.807, 2.05) is 48.5 Å². The van der Waals surface area contributed by atoms with Crippen LogP contribution in [-0.2, 0) is 4.79 Å². The zero-order valence-corrected chi connectivity index (χ0v) is 17.1. The van der Waals surface area contributed by atoms with Crippen LogP contribution in [0.2, 0.25) is 0 Å². The van der Waals surface area contributed by atoms with E-state index in [9.17, 15) is 4.79 Å². The minimum atomic E-state index is -0.338. The van der Waals surface area contributed by atoms with Crippen molar-refractivity contribution < 1.29 is 14.3 Å². The van der Waals surface area contributed by atoms with Crippen LogP contribution in [0.3, 0.4) is 0 Å². The molecule has 0 radical (unpaired) electrons. The fourth-order valence-electron chi connectivity index (χ4n) is 2.63. The van der Waals surface area contributed by atoms with Crippen LogP contribution < -0.4 is 14.9 Å². The lowest BCUT2D eigenvalue weighted by molar-refractivity contribution is -0.123. The van der Waals surface area contributed by atoms with E-state index < -0.39 is 0 Å². The lowest BCUT2D eigenvalue weighted by Gasteiger charge is -2.11.